The first-order valence-electron chi connectivity index (χ1n) is 13.1. The zero-order chi connectivity index (χ0) is 27.5. The van der Waals surface area contributed by atoms with Crippen molar-refractivity contribution in [3.8, 4) is 5.75 Å². The second kappa shape index (κ2) is 12.0. The first kappa shape index (κ1) is 29.0. The Hall–Kier alpha value is -1.98. The van der Waals surface area contributed by atoms with Gasteiger partial charge in [0.1, 0.15) is 12.4 Å². The summed E-state index contributed by atoms with van der Waals surface area (Å²) in [5.41, 5.74) is 1.20. The maximum absolute atomic E-state index is 13.7. The lowest BCUT2D eigenvalue weighted by atomic mass is 9.84. The molecule has 2 saturated heterocycles. The minimum Gasteiger partial charge on any atom is -0.497 e. The number of piperidine rings is 2. The first-order valence-corrected chi connectivity index (χ1v) is 15.3. The summed E-state index contributed by atoms with van der Waals surface area (Å²) in [4.78, 5) is 14.9. The summed E-state index contributed by atoms with van der Waals surface area (Å²) in [7, 11) is -2.18. The zero-order valence-corrected chi connectivity index (χ0v) is 24.7. The van der Waals surface area contributed by atoms with Crippen LogP contribution >= 0.6 is 15.9 Å². The Kier molecular flexibility index (Phi) is 9.19. The van der Waals surface area contributed by atoms with Crippen molar-refractivity contribution in [3.05, 3.63) is 57.6 Å². The monoisotopic (exact) mass is 608 g/mol. The fourth-order valence-corrected chi connectivity index (χ4v) is 7.92. The molecule has 2 aromatic rings. The number of hydrogen-bond donors (Lipinski definition) is 1. The Balaban J connectivity index is 1.34. The lowest BCUT2D eigenvalue weighted by molar-refractivity contribution is -0.141. The molecule has 0 saturated carbocycles. The second-order valence-electron chi connectivity index (χ2n) is 10.3. The van der Waals surface area contributed by atoms with Crippen LogP contribution < -0.4 is 4.74 Å². The predicted molar refractivity (Wildman–Crippen MR) is 149 cm³/mol. The molecule has 1 unspecified atom stereocenters. The van der Waals surface area contributed by atoms with E-state index in [1.165, 1.54) is 0 Å². The summed E-state index contributed by atoms with van der Waals surface area (Å²) in [6.45, 7) is 4.93. The van der Waals surface area contributed by atoms with Gasteiger partial charge in [-0.2, -0.15) is 4.31 Å². The van der Waals surface area contributed by atoms with Crippen LogP contribution in [0, 0.1) is 13.8 Å². The molecular weight excluding hydrogens is 572 g/mol. The third-order valence-electron chi connectivity index (χ3n) is 7.67. The van der Waals surface area contributed by atoms with Crippen LogP contribution in [0.1, 0.15) is 48.8 Å². The molecular formula is C28H37BrN2O6S. The highest BCUT2D eigenvalue weighted by atomic mass is 79.9. The number of halogens is 1. The van der Waals surface area contributed by atoms with Gasteiger partial charge in [-0.1, -0.05) is 34.5 Å². The van der Waals surface area contributed by atoms with Gasteiger partial charge in [0, 0.05) is 30.1 Å². The summed E-state index contributed by atoms with van der Waals surface area (Å²) in [5, 5.41) is 11.1. The fraction of sp³-hybridized carbons (Fsp3) is 0.536. The van der Waals surface area contributed by atoms with Crippen molar-refractivity contribution in [1.82, 2.24) is 9.21 Å². The Labute approximate surface area is 234 Å². The average molecular weight is 610 g/mol. The Bertz CT molecular complexity index is 1220. The van der Waals surface area contributed by atoms with E-state index >= 15 is 0 Å². The molecule has 0 bridgehead atoms. The SMILES string of the molecule is COc1cc(C)c(S(=O)(=O)N2CCCCC2COCC(=O)N2CCC(O)(c3ccc(Br)cc3)CC2)c(C)c1. The molecule has 2 aliphatic rings. The molecule has 8 nitrogen and oxygen atoms in total. The van der Waals surface area contributed by atoms with Crippen LogP contribution in [0.25, 0.3) is 0 Å². The van der Waals surface area contributed by atoms with Crippen molar-refractivity contribution in [2.45, 2.75) is 62.5 Å². The number of hydrogen-bond acceptors (Lipinski definition) is 6. The summed E-state index contributed by atoms with van der Waals surface area (Å²) in [5.74, 6) is 0.485. The number of likely N-dealkylation sites (tertiary alicyclic amines) is 1. The smallest absolute Gasteiger partial charge is 0.248 e. The lowest BCUT2D eigenvalue weighted by Crippen LogP contribution is -2.48. The summed E-state index contributed by atoms with van der Waals surface area (Å²) < 4.78 is 41.0. The first-order chi connectivity index (χ1) is 18.0. The Morgan fingerprint density at radius 3 is 2.32 bits per heavy atom. The van der Waals surface area contributed by atoms with Gasteiger partial charge in [0.2, 0.25) is 15.9 Å². The molecule has 2 aliphatic heterocycles. The minimum atomic E-state index is -3.74. The van der Waals surface area contributed by atoms with Crippen LogP contribution in [0.15, 0.2) is 45.8 Å². The number of ether oxygens (including phenoxy) is 2. The molecule has 4 rings (SSSR count). The van der Waals surface area contributed by atoms with Crippen LogP contribution in [-0.4, -0.2) is 74.6 Å². The van der Waals surface area contributed by atoms with Gasteiger partial charge in [0.25, 0.3) is 0 Å². The quantitative estimate of drug-likeness (QED) is 0.484. The van der Waals surface area contributed by atoms with Crippen molar-refractivity contribution in [2.75, 3.05) is 40.0 Å². The summed E-state index contributed by atoms with van der Waals surface area (Å²) in [6, 6.07) is 10.8. The van der Waals surface area contributed by atoms with Gasteiger partial charge in [0.15, 0.2) is 0 Å². The largest absolute Gasteiger partial charge is 0.497 e. The number of amides is 1. The number of carbonyl (C=O) groups is 1. The minimum absolute atomic E-state index is 0.109. The molecule has 208 valence electrons. The molecule has 0 aromatic heterocycles. The number of rotatable bonds is 8. The molecule has 38 heavy (non-hydrogen) atoms. The van der Waals surface area contributed by atoms with E-state index < -0.39 is 15.6 Å². The molecule has 10 heteroatoms. The van der Waals surface area contributed by atoms with Gasteiger partial charge < -0.3 is 19.5 Å². The molecule has 1 atom stereocenters. The van der Waals surface area contributed by atoms with E-state index in [9.17, 15) is 18.3 Å². The number of aryl methyl sites for hydroxylation is 2. The number of aliphatic hydroxyl groups is 1. The molecule has 2 aromatic carbocycles. The van der Waals surface area contributed by atoms with Gasteiger partial charge >= 0.3 is 0 Å². The fourth-order valence-electron chi connectivity index (χ4n) is 5.56. The van der Waals surface area contributed by atoms with Crippen LogP contribution in [-0.2, 0) is 25.2 Å². The predicted octanol–water partition coefficient (Wildman–Crippen LogP) is 4.14. The number of benzene rings is 2. The maximum Gasteiger partial charge on any atom is 0.248 e. The van der Waals surface area contributed by atoms with E-state index in [-0.39, 0.29) is 25.2 Å². The van der Waals surface area contributed by atoms with Crippen molar-refractivity contribution >= 4 is 31.9 Å². The van der Waals surface area contributed by atoms with E-state index in [2.05, 4.69) is 15.9 Å². The molecule has 0 spiro atoms. The normalized spacial score (nSPS) is 20.3. The van der Waals surface area contributed by atoms with Gasteiger partial charge in [-0.15, -0.1) is 0 Å². The number of methoxy groups -OCH3 is 1. The highest BCUT2D eigenvalue weighted by Crippen LogP contribution is 2.34. The Morgan fingerprint density at radius 1 is 1.08 bits per heavy atom. The van der Waals surface area contributed by atoms with Crippen molar-refractivity contribution in [1.29, 1.82) is 0 Å². The standard InChI is InChI=1S/C28H37BrN2O6S/c1-20-16-25(36-3)17-21(2)27(20)38(34,35)31-13-5-4-6-24(31)18-37-19-26(32)30-14-11-28(33,12-15-30)22-7-9-23(29)10-8-22/h7-10,16-17,24,33H,4-6,11-15,18-19H2,1-3H3. The topological polar surface area (TPSA) is 96.4 Å². The van der Waals surface area contributed by atoms with E-state index in [1.807, 2.05) is 24.3 Å². The van der Waals surface area contributed by atoms with Crippen LogP contribution in [0.3, 0.4) is 0 Å². The lowest BCUT2D eigenvalue weighted by Gasteiger charge is -2.39. The van der Waals surface area contributed by atoms with E-state index in [4.69, 9.17) is 9.47 Å². The third-order valence-corrected chi connectivity index (χ3v) is 10.5. The van der Waals surface area contributed by atoms with Gasteiger partial charge in [-0.05, 0) is 80.5 Å². The third kappa shape index (κ3) is 6.25. The molecule has 0 radical (unpaired) electrons. The van der Waals surface area contributed by atoms with Gasteiger partial charge in [-0.3, -0.25) is 4.79 Å². The van der Waals surface area contributed by atoms with Crippen LogP contribution in [0.2, 0.25) is 0 Å². The van der Waals surface area contributed by atoms with Gasteiger partial charge in [-0.25, -0.2) is 8.42 Å². The molecule has 1 amide bonds. The van der Waals surface area contributed by atoms with Crippen LogP contribution in [0.4, 0.5) is 0 Å². The molecule has 0 aliphatic carbocycles. The Morgan fingerprint density at radius 2 is 1.71 bits per heavy atom. The van der Waals surface area contributed by atoms with E-state index in [0.717, 1.165) is 22.9 Å². The zero-order valence-electron chi connectivity index (χ0n) is 22.3. The van der Waals surface area contributed by atoms with E-state index in [1.54, 1.807) is 42.3 Å². The summed E-state index contributed by atoms with van der Waals surface area (Å²) >= 11 is 3.42. The van der Waals surface area contributed by atoms with Crippen molar-refractivity contribution < 1.29 is 27.8 Å². The maximum atomic E-state index is 13.7. The molecule has 2 fully saturated rings. The molecule has 1 N–H and O–H groups in total. The highest BCUT2D eigenvalue weighted by molar-refractivity contribution is 9.10. The van der Waals surface area contributed by atoms with Gasteiger partial charge in [0.05, 0.1) is 24.2 Å². The summed E-state index contributed by atoms with van der Waals surface area (Å²) in [6.07, 6.45) is 3.30. The van der Waals surface area contributed by atoms with Crippen LogP contribution in [0.5, 0.6) is 5.75 Å². The second-order valence-corrected chi connectivity index (χ2v) is 13.0. The molecule has 2 heterocycles. The van der Waals surface area contributed by atoms with E-state index in [0.29, 0.717) is 60.7 Å². The highest BCUT2D eigenvalue weighted by Gasteiger charge is 2.37. The number of carbonyl (C=O) groups excluding carboxylic acids is 1. The van der Waals surface area contributed by atoms with Crippen molar-refractivity contribution in [2.24, 2.45) is 0 Å². The number of nitrogens with zero attached hydrogens (tertiary/aromatic N) is 2. The number of sulfonamides is 1. The average Bonchev–Trinajstić information content (AvgIpc) is 2.89. The van der Waals surface area contributed by atoms with Crippen molar-refractivity contribution in [3.63, 3.8) is 0 Å².